The molecule has 0 atom stereocenters. The number of methoxy groups -OCH3 is 2. The van der Waals surface area contributed by atoms with Crippen LogP contribution in [0.2, 0.25) is 0 Å². The molecular formula is C47H51N11O5S2. The molecule has 0 saturated carbocycles. The van der Waals surface area contributed by atoms with E-state index in [-0.39, 0.29) is 28.2 Å². The van der Waals surface area contributed by atoms with Crippen LogP contribution in [0.5, 0.6) is 11.5 Å². The molecule has 1 aromatic heterocycles. The molecule has 0 aliphatic heterocycles. The Kier molecular flexibility index (Phi) is 14.7. The summed E-state index contributed by atoms with van der Waals surface area (Å²) in [5.74, 6) is 2.23. The summed E-state index contributed by atoms with van der Waals surface area (Å²) >= 11 is 1.43. The van der Waals surface area contributed by atoms with Gasteiger partial charge in [-0.15, -0.1) is 20.5 Å². The molecule has 0 aliphatic carbocycles. The van der Waals surface area contributed by atoms with Gasteiger partial charge in [-0.05, 0) is 68.5 Å². The Morgan fingerprint density at radius 3 is 1.62 bits per heavy atom. The third-order valence-corrected chi connectivity index (χ3v) is 12.2. The first-order valence-corrected chi connectivity index (χ1v) is 23.6. The maximum Gasteiger partial charge on any atom is 0.296 e. The number of hydrogen-bond acceptors (Lipinski definition) is 16. The molecule has 7 rings (SSSR count). The van der Waals surface area contributed by atoms with Crippen molar-refractivity contribution in [3.05, 3.63) is 103 Å². The zero-order valence-corrected chi connectivity index (χ0v) is 38.9. The third kappa shape index (κ3) is 10.4. The Morgan fingerprint density at radius 2 is 1.09 bits per heavy atom. The number of thioether (sulfide) groups is 1. The summed E-state index contributed by atoms with van der Waals surface area (Å²) in [6.07, 6.45) is 0. The van der Waals surface area contributed by atoms with Gasteiger partial charge in [0.05, 0.1) is 42.7 Å². The summed E-state index contributed by atoms with van der Waals surface area (Å²) in [4.78, 5) is 18.4. The molecular weight excluding hydrogens is 863 g/mol. The number of aromatic nitrogens is 3. The fourth-order valence-electron chi connectivity index (χ4n) is 7.39. The minimum absolute atomic E-state index is 0.0198. The zero-order valence-electron chi connectivity index (χ0n) is 37.3. The van der Waals surface area contributed by atoms with Gasteiger partial charge < -0.3 is 29.9 Å². The average Bonchev–Trinajstić information content (AvgIpc) is 3.31. The van der Waals surface area contributed by atoms with Gasteiger partial charge in [-0.1, -0.05) is 85.4 Å². The van der Waals surface area contributed by atoms with E-state index in [1.165, 1.54) is 17.8 Å². The molecule has 0 amide bonds. The highest BCUT2D eigenvalue weighted by Gasteiger charge is 2.22. The minimum Gasteiger partial charge on any atom is -0.494 e. The average molecular weight is 914 g/mol. The van der Waals surface area contributed by atoms with Gasteiger partial charge in [0.2, 0.25) is 11.9 Å². The Morgan fingerprint density at radius 1 is 0.600 bits per heavy atom. The largest absolute Gasteiger partial charge is 0.494 e. The van der Waals surface area contributed by atoms with E-state index in [1.807, 2.05) is 93.6 Å². The van der Waals surface area contributed by atoms with Crippen molar-refractivity contribution in [2.24, 2.45) is 20.5 Å². The second-order valence-corrected chi connectivity index (χ2v) is 17.0. The molecule has 7 aromatic rings. The lowest BCUT2D eigenvalue weighted by atomic mass is 10.1. The molecule has 18 heteroatoms. The van der Waals surface area contributed by atoms with E-state index in [4.69, 9.17) is 34.7 Å². The SMILES string of the molecule is CCSc1nc(Nc2cc(N(CC)CC)c(OC)cc2/N=N/c2cccc3ccccc23)nc(Nc2cc(N(CC)CC)c(OC)cc2/N=N/c2c(S(=O)(=O)O)ccc3ccccc23)n1. The Labute approximate surface area is 383 Å². The number of rotatable bonds is 19. The normalized spacial score (nSPS) is 11.8. The van der Waals surface area contributed by atoms with Crippen LogP contribution in [0, 0.1) is 0 Å². The van der Waals surface area contributed by atoms with Crippen molar-refractivity contribution in [2.45, 2.75) is 44.7 Å². The van der Waals surface area contributed by atoms with Crippen molar-refractivity contribution in [1.82, 2.24) is 15.0 Å². The van der Waals surface area contributed by atoms with Crippen molar-refractivity contribution < 1.29 is 22.4 Å². The molecule has 0 aliphatic rings. The van der Waals surface area contributed by atoms with Crippen LogP contribution in [0.4, 0.5) is 57.4 Å². The van der Waals surface area contributed by atoms with Crippen LogP contribution in [0.1, 0.15) is 34.6 Å². The van der Waals surface area contributed by atoms with E-state index >= 15 is 0 Å². The summed E-state index contributed by atoms with van der Waals surface area (Å²) in [6.45, 7) is 13.1. The number of ether oxygens (including phenoxy) is 2. The van der Waals surface area contributed by atoms with Crippen molar-refractivity contribution in [3.8, 4) is 11.5 Å². The van der Waals surface area contributed by atoms with E-state index in [2.05, 4.69) is 44.5 Å². The van der Waals surface area contributed by atoms with Crippen LogP contribution in [-0.2, 0) is 10.1 Å². The van der Waals surface area contributed by atoms with Crippen LogP contribution >= 0.6 is 11.8 Å². The van der Waals surface area contributed by atoms with Gasteiger partial charge in [0.1, 0.15) is 33.5 Å². The van der Waals surface area contributed by atoms with Crippen molar-refractivity contribution in [3.63, 3.8) is 0 Å². The Bertz CT molecular complexity index is 2990. The highest BCUT2D eigenvalue weighted by Crippen LogP contribution is 2.44. The van der Waals surface area contributed by atoms with Gasteiger partial charge in [0, 0.05) is 49.1 Å². The van der Waals surface area contributed by atoms with Crippen molar-refractivity contribution >= 4 is 101 Å². The number of anilines is 6. The topological polar surface area (TPSA) is 191 Å². The number of hydrogen-bond donors (Lipinski definition) is 3. The summed E-state index contributed by atoms with van der Waals surface area (Å²) < 4.78 is 47.2. The van der Waals surface area contributed by atoms with Gasteiger partial charge in [0.15, 0.2) is 5.16 Å². The minimum atomic E-state index is -4.67. The zero-order chi connectivity index (χ0) is 46.1. The molecule has 6 aromatic carbocycles. The fraction of sp³-hybridized carbons (Fsp3) is 0.255. The van der Waals surface area contributed by atoms with E-state index in [9.17, 15) is 13.0 Å². The molecule has 0 unspecified atom stereocenters. The molecule has 0 saturated heterocycles. The lowest BCUT2D eigenvalue weighted by Gasteiger charge is -2.25. The maximum absolute atomic E-state index is 12.6. The first kappa shape index (κ1) is 46.1. The van der Waals surface area contributed by atoms with Crippen molar-refractivity contribution in [1.29, 1.82) is 0 Å². The summed E-state index contributed by atoms with van der Waals surface area (Å²) in [5, 5.41) is 29.0. The Balaban J connectivity index is 1.35. The molecule has 0 radical (unpaired) electrons. The molecule has 65 heavy (non-hydrogen) atoms. The van der Waals surface area contributed by atoms with E-state index in [1.54, 1.807) is 38.5 Å². The van der Waals surface area contributed by atoms with Crippen LogP contribution in [-0.4, -0.2) is 74.1 Å². The van der Waals surface area contributed by atoms with E-state index in [0.29, 0.717) is 69.0 Å². The second kappa shape index (κ2) is 20.7. The lowest BCUT2D eigenvalue weighted by molar-refractivity contribution is 0.414. The number of nitrogens with one attached hydrogen (secondary N) is 2. The monoisotopic (exact) mass is 913 g/mol. The van der Waals surface area contributed by atoms with Gasteiger partial charge in [-0.3, -0.25) is 4.55 Å². The van der Waals surface area contributed by atoms with Gasteiger partial charge >= 0.3 is 0 Å². The van der Waals surface area contributed by atoms with Crippen molar-refractivity contribution in [2.75, 3.05) is 66.6 Å². The number of fused-ring (bicyclic) bond motifs is 2. The van der Waals surface area contributed by atoms with Gasteiger partial charge in [-0.2, -0.15) is 23.4 Å². The predicted octanol–water partition coefficient (Wildman–Crippen LogP) is 12.6. The number of benzene rings is 6. The number of azo groups is 2. The van der Waals surface area contributed by atoms with Crippen LogP contribution in [0.15, 0.2) is 134 Å². The van der Waals surface area contributed by atoms with E-state index in [0.717, 1.165) is 35.2 Å². The molecule has 3 N–H and O–H groups in total. The quantitative estimate of drug-likeness (QED) is 0.0395. The standard InChI is InChI=1S/C47H51N11O5S2/c1-8-57(9-2)39-26-35(37(28-41(39)62-6)54-53-34-23-17-20-30-18-13-15-21-32(30)34)48-45-50-46(52-47(51-45)64-12-5)49-36-27-40(58(10-3)11-4)42(63-7)29-38(36)55-56-44-33-22-16-14-19-31(33)24-25-43(44)65(59,60)61/h13-29H,8-12H2,1-7H3,(H,59,60,61)(H2,48,49,50,51,52)/b54-53+,56-55+. The molecule has 0 spiro atoms. The van der Waals surface area contributed by atoms with Gasteiger partial charge in [-0.25, -0.2) is 0 Å². The molecule has 16 nitrogen and oxygen atoms in total. The van der Waals surface area contributed by atoms with Crippen LogP contribution in [0.25, 0.3) is 21.5 Å². The van der Waals surface area contributed by atoms with Crippen LogP contribution in [0.3, 0.4) is 0 Å². The summed E-state index contributed by atoms with van der Waals surface area (Å²) in [7, 11) is -1.47. The summed E-state index contributed by atoms with van der Waals surface area (Å²) in [6, 6.07) is 31.3. The number of nitrogens with zero attached hydrogens (tertiary/aromatic N) is 9. The second-order valence-electron chi connectivity index (χ2n) is 14.4. The van der Waals surface area contributed by atoms with Crippen LogP contribution < -0.4 is 29.9 Å². The highest BCUT2D eigenvalue weighted by atomic mass is 32.2. The smallest absolute Gasteiger partial charge is 0.296 e. The first-order chi connectivity index (χ1) is 31.5. The molecule has 0 fully saturated rings. The maximum atomic E-state index is 12.6. The van der Waals surface area contributed by atoms with Gasteiger partial charge in [0.25, 0.3) is 10.1 Å². The molecule has 336 valence electrons. The van der Waals surface area contributed by atoms with E-state index < -0.39 is 10.1 Å². The lowest BCUT2D eigenvalue weighted by Crippen LogP contribution is -2.22. The third-order valence-electron chi connectivity index (χ3n) is 10.6. The summed E-state index contributed by atoms with van der Waals surface area (Å²) in [5.41, 5.74) is 4.09. The first-order valence-electron chi connectivity index (χ1n) is 21.2. The predicted molar refractivity (Wildman–Crippen MR) is 262 cm³/mol. The Hall–Kier alpha value is -6.89. The highest BCUT2D eigenvalue weighted by molar-refractivity contribution is 7.99. The molecule has 1 heterocycles. The fourth-order valence-corrected chi connectivity index (χ4v) is 8.58. The molecule has 0 bridgehead atoms.